The molecule has 0 aliphatic carbocycles. The lowest BCUT2D eigenvalue weighted by atomic mass is 10.1. The molecular weight excluding hydrogens is 402 g/mol. The van der Waals surface area contributed by atoms with Gasteiger partial charge in [0.15, 0.2) is 0 Å². The summed E-state index contributed by atoms with van der Waals surface area (Å²) < 4.78 is 52.9. The van der Waals surface area contributed by atoms with Crippen LogP contribution in [-0.2, 0) is 15.8 Å². The van der Waals surface area contributed by atoms with E-state index in [2.05, 4.69) is 0 Å². The number of nitrogens with zero attached hydrogens (tertiary/aromatic N) is 3. The van der Waals surface area contributed by atoms with Crippen molar-refractivity contribution in [1.82, 2.24) is 4.90 Å². The number of alkyl halides is 3. The second-order valence-corrected chi connectivity index (χ2v) is 7.31. The van der Waals surface area contributed by atoms with Crippen LogP contribution in [0.2, 0.25) is 0 Å². The number of piperazine rings is 1. The number of imide groups is 1. The topological polar surface area (TPSA) is 43.9 Å². The van der Waals surface area contributed by atoms with E-state index >= 15 is 0 Å². The lowest BCUT2D eigenvalue weighted by molar-refractivity contribution is -0.137. The number of hydrogen-bond donors (Lipinski definition) is 0. The second-order valence-electron chi connectivity index (χ2n) is 7.31. The summed E-state index contributed by atoms with van der Waals surface area (Å²) in [4.78, 5) is 29.8. The van der Waals surface area contributed by atoms with Crippen molar-refractivity contribution < 1.29 is 27.2 Å². The van der Waals surface area contributed by atoms with Crippen LogP contribution in [0.4, 0.5) is 28.9 Å². The summed E-state index contributed by atoms with van der Waals surface area (Å²) in [5, 5.41) is 0. The normalized spacial score (nSPS) is 20.9. The van der Waals surface area contributed by atoms with Crippen LogP contribution in [0.25, 0.3) is 0 Å². The fraction of sp³-hybridized carbons (Fsp3) is 0.333. The number of carbonyl (C=O) groups is 2. The minimum atomic E-state index is -4.41. The van der Waals surface area contributed by atoms with Gasteiger partial charge in [0.2, 0.25) is 5.91 Å². The number of hydrogen-bond acceptors (Lipinski definition) is 4. The van der Waals surface area contributed by atoms with Crippen LogP contribution in [-0.4, -0.2) is 48.9 Å². The highest BCUT2D eigenvalue weighted by atomic mass is 19.4. The fourth-order valence-corrected chi connectivity index (χ4v) is 3.96. The van der Waals surface area contributed by atoms with Crippen molar-refractivity contribution in [3.8, 4) is 0 Å². The van der Waals surface area contributed by atoms with Gasteiger partial charge in [0, 0.05) is 31.9 Å². The largest absolute Gasteiger partial charge is 0.416 e. The molecule has 0 aromatic heterocycles. The smallest absolute Gasteiger partial charge is 0.369 e. The van der Waals surface area contributed by atoms with E-state index < -0.39 is 35.4 Å². The molecular formula is C21H19F4N3O2. The van der Waals surface area contributed by atoms with Crippen molar-refractivity contribution in [2.75, 3.05) is 36.0 Å². The van der Waals surface area contributed by atoms with Crippen LogP contribution in [0, 0.1) is 5.82 Å². The third-order valence-corrected chi connectivity index (χ3v) is 5.51. The molecule has 5 nitrogen and oxygen atoms in total. The van der Waals surface area contributed by atoms with Crippen molar-refractivity contribution in [3.05, 3.63) is 59.9 Å². The number of amides is 2. The van der Waals surface area contributed by atoms with E-state index in [4.69, 9.17) is 0 Å². The average Bonchev–Trinajstić information content (AvgIpc) is 3.02. The van der Waals surface area contributed by atoms with E-state index in [0.29, 0.717) is 31.9 Å². The molecule has 30 heavy (non-hydrogen) atoms. The Bertz CT molecular complexity index is 971. The molecule has 2 fully saturated rings. The van der Waals surface area contributed by atoms with E-state index in [9.17, 15) is 27.2 Å². The van der Waals surface area contributed by atoms with Gasteiger partial charge in [-0.15, -0.1) is 0 Å². The van der Waals surface area contributed by atoms with Gasteiger partial charge < -0.3 is 4.90 Å². The zero-order chi connectivity index (χ0) is 21.5. The number of benzene rings is 2. The van der Waals surface area contributed by atoms with Crippen LogP contribution in [0.1, 0.15) is 12.0 Å². The third kappa shape index (κ3) is 3.77. The standard InChI is InChI=1S/C21H19F4N3O2/c22-16-6-1-2-7-17(16)28-19(29)13-18(20(28)30)27-10-8-26(9-11-27)15-5-3-4-14(12-15)21(23,24)25/h1-7,12,18H,8-11,13H2/t18-/m1/s1. The molecule has 4 rings (SSSR count). The molecule has 2 heterocycles. The van der Waals surface area contributed by atoms with Crippen LogP contribution < -0.4 is 9.80 Å². The van der Waals surface area contributed by atoms with Gasteiger partial charge in [0.05, 0.1) is 23.7 Å². The highest BCUT2D eigenvalue weighted by Crippen LogP contribution is 2.32. The number of carbonyl (C=O) groups excluding carboxylic acids is 2. The molecule has 2 aliphatic rings. The van der Waals surface area contributed by atoms with E-state index in [1.807, 2.05) is 9.80 Å². The molecule has 0 unspecified atom stereocenters. The molecule has 0 bridgehead atoms. The lowest BCUT2D eigenvalue weighted by Gasteiger charge is -2.38. The van der Waals surface area contributed by atoms with Crippen molar-refractivity contribution >= 4 is 23.2 Å². The molecule has 9 heteroatoms. The highest BCUT2D eigenvalue weighted by molar-refractivity contribution is 6.22. The van der Waals surface area contributed by atoms with Crippen molar-refractivity contribution in [1.29, 1.82) is 0 Å². The van der Waals surface area contributed by atoms with Crippen molar-refractivity contribution in [2.45, 2.75) is 18.6 Å². The molecule has 1 atom stereocenters. The van der Waals surface area contributed by atoms with E-state index in [0.717, 1.165) is 17.0 Å². The second kappa shape index (κ2) is 7.71. The summed E-state index contributed by atoms with van der Waals surface area (Å²) in [6, 6.07) is 10.1. The first kappa shape index (κ1) is 20.3. The third-order valence-electron chi connectivity index (χ3n) is 5.51. The predicted molar refractivity (Wildman–Crippen MR) is 103 cm³/mol. The number of halogens is 4. The average molecular weight is 421 g/mol. The molecule has 0 N–H and O–H groups in total. The van der Waals surface area contributed by atoms with Gasteiger partial charge in [-0.25, -0.2) is 9.29 Å². The van der Waals surface area contributed by atoms with Crippen LogP contribution in [0.5, 0.6) is 0 Å². The van der Waals surface area contributed by atoms with Gasteiger partial charge in [-0.3, -0.25) is 14.5 Å². The fourth-order valence-electron chi connectivity index (χ4n) is 3.96. The van der Waals surface area contributed by atoms with Gasteiger partial charge in [-0.2, -0.15) is 13.2 Å². The molecule has 2 aromatic carbocycles. The lowest BCUT2D eigenvalue weighted by Crippen LogP contribution is -2.52. The highest BCUT2D eigenvalue weighted by Gasteiger charge is 2.44. The maximum absolute atomic E-state index is 14.1. The van der Waals surface area contributed by atoms with Gasteiger partial charge >= 0.3 is 6.18 Å². The number of para-hydroxylation sites is 1. The summed E-state index contributed by atoms with van der Waals surface area (Å²) in [5.74, 6) is -1.58. The summed E-state index contributed by atoms with van der Waals surface area (Å²) >= 11 is 0. The summed E-state index contributed by atoms with van der Waals surface area (Å²) in [6.07, 6.45) is -4.46. The van der Waals surface area contributed by atoms with Crippen molar-refractivity contribution in [2.24, 2.45) is 0 Å². The van der Waals surface area contributed by atoms with Gasteiger partial charge in [0.1, 0.15) is 5.82 Å². The maximum Gasteiger partial charge on any atom is 0.416 e. The molecule has 2 aliphatic heterocycles. The van der Waals surface area contributed by atoms with Crippen LogP contribution >= 0.6 is 0 Å². The molecule has 2 saturated heterocycles. The SMILES string of the molecule is O=C1C[C@@H](N2CCN(c3cccc(C(F)(F)F)c3)CC2)C(=O)N1c1ccccc1F. The Hall–Kier alpha value is -2.94. The minimum Gasteiger partial charge on any atom is -0.369 e. The number of rotatable bonds is 3. The van der Waals surface area contributed by atoms with Gasteiger partial charge in [0.25, 0.3) is 5.91 Å². The van der Waals surface area contributed by atoms with Crippen molar-refractivity contribution in [3.63, 3.8) is 0 Å². The van der Waals surface area contributed by atoms with E-state index in [-0.39, 0.29) is 12.1 Å². The van der Waals surface area contributed by atoms with Crippen LogP contribution in [0.15, 0.2) is 48.5 Å². The van der Waals surface area contributed by atoms with E-state index in [1.165, 1.54) is 24.3 Å². The Morgan fingerprint density at radius 3 is 2.27 bits per heavy atom. The first-order valence-corrected chi connectivity index (χ1v) is 9.53. The molecule has 158 valence electrons. The summed E-state index contributed by atoms with van der Waals surface area (Å²) in [5.41, 5.74) is -0.302. The number of anilines is 2. The Morgan fingerprint density at radius 2 is 1.60 bits per heavy atom. The molecule has 2 amide bonds. The zero-order valence-corrected chi connectivity index (χ0v) is 15.9. The Morgan fingerprint density at radius 1 is 0.900 bits per heavy atom. The molecule has 2 aromatic rings. The Kier molecular flexibility index (Phi) is 5.23. The first-order valence-electron chi connectivity index (χ1n) is 9.53. The Balaban J connectivity index is 1.44. The summed E-state index contributed by atoms with van der Waals surface area (Å²) in [7, 11) is 0. The maximum atomic E-state index is 14.1. The van der Waals surface area contributed by atoms with Gasteiger partial charge in [-0.1, -0.05) is 18.2 Å². The van der Waals surface area contributed by atoms with Gasteiger partial charge in [-0.05, 0) is 30.3 Å². The van der Waals surface area contributed by atoms with E-state index in [1.54, 1.807) is 12.1 Å². The molecule has 0 spiro atoms. The first-order chi connectivity index (χ1) is 14.3. The predicted octanol–water partition coefficient (Wildman–Crippen LogP) is 3.30. The molecule has 0 radical (unpaired) electrons. The minimum absolute atomic E-state index is 0.0449. The Labute approximate surface area is 170 Å². The quantitative estimate of drug-likeness (QED) is 0.564. The molecule has 0 saturated carbocycles. The summed E-state index contributed by atoms with van der Waals surface area (Å²) in [6.45, 7) is 1.65. The van der Waals surface area contributed by atoms with Crippen LogP contribution in [0.3, 0.4) is 0 Å². The zero-order valence-electron chi connectivity index (χ0n) is 15.9. The monoisotopic (exact) mass is 421 g/mol.